The molecule has 4 rings (SSSR count). The van der Waals surface area contributed by atoms with Crippen LogP contribution in [0.25, 0.3) is 0 Å². The molecule has 0 unspecified atom stereocenters. The molecule has 162 valence electrons. The fraction of sp³-hybridized carbons (Fsp3) is 0.304. The summed E-state index contributed by atoms with van der Waals surface area (Å²) in [7, 11) is 1.47. The van der Waals surface area contributed by atoms with E-state index in [1.807, 2.05) is 6.08 Å². The van der Waals surface area contributed by atoms with E-state index in [9.17, 15) is 18.0 Å². The van der Waals surface area contributed by atoms with Gasteiger partial charge >= 0.3 is 6.18 Å². The number of nitrogens with zero attached hydrogens (tertiary/aromatic N) is 1. The van der Waals surface area contributed by atoms with Crippen molar-refractivity contribution in [2.75, 3.05) is 13.7 Å². The zero-order chi connectivity index (χ0) is 22.2. The fourth-order valence-corrected chi connectivity index (χ4v) is 3.87. The highest BCUT2D eigenvalue weighted by Gasteiger charge is 2.34. The van der Waals surface area contributed by atoms with E-state index in [0.29, 0.717) is 29.4 Å². The average molecular weight is 430 g/mol. The van der Waals surface area contributed by atoms with Gasteiger partial charge in [-0.05, 0) is 30.7 Å². The summed E-state index contributed by atoms with van der Waals surface area (Å²) in [5, 5.41) is 2.77. The van der Waals surface area contributed by atoms with Gasteiger partial charge in [-0.3, -0.25) is 9.79 Å². The number of aryl methyl sites for hydroxylation is 1. The number of alkyl halides is 3. The van der Waals surface area contributed by atoms with Gasteiger partial charge in [-0.2, -0.15) is 13.2 Å². The van der Waals surface area contributed by atoms with Gasteiger partial charge in [-0.25, -0.2) is 0 Å². The standard InChI is InChI=1S/C23H21F3N2O3/c1-13-3-4-15(18(9-13)23(24,25)26)12-31-19-6-5-14(10-20(19)30-2)17-11-21(29)28-22-16(17)7-8-27-22/h3-7,9-10,17H,8,11-12H2,1-2H3,(H,27,28,29)/t17-/m0/s1. The number of fused-ring (bicyclic) bond motifs is 1. The first-order chi connectivity index (χ1) is 14.8. The molecule has 31 heavy (non-hydrogen) atoms. The molecule has 0 aromatic heterocycles. The molecule has 1 fully saturated rings. The van der Waals surface area contributed by atoms with Gasteiger partial charge < -0.3 is 14.8 Å². The first-order valence-corrected chi connectivity index (χ1v) is 9.78. The summed E-state index contributed by atoms with van der Waals surface area (Å²) >= 11 is 0. The third-order valence-electron chi connectivity index (χ3n) is 5.40. The molecular formula is C23H21F3N2O3. The molecule has 2 aliphatic rings. The minimum absolute atomic E-state index is 0.0464. The van der Waals surface area contributed by atoms with Gasteiger partial charge in [0, 0.05) is 23.5 Å². The van der Waals surface area contributed by atoms with Crippen molar-refractivity contribution in [3.8, 4) is 11.5 Å². The molecule has 1 saturated heterocycles. The maximum absolute atomic E-state index is 13.4. The first-order valence-electron chi connectivity index (χ1n) is 9.78. The Morgan fingerprint density at radius 2 is 1.97 bits per heavy atom. The topological polar surface area (TPSA) is 59.9 Å². The third kappa shape index (κ3) is 4.28. The zero-order valence-electron chi connectivity index (χ0n) is 17.0. The number of nitrogens with one attached hydrogen (secondary N) is 1. The van der Waals surface area contributed by atoms with Crippen molar-refractivity contribution in [2.24, 2.45) is 4.99 Å². The van der Waals surface area contributed by atoms with Crippen LogP contribution in [0.2, 0.25) is 0 Å². The molecule has 1 atom stereocenters. The lowest BCUT2D eigenvalue weighted by molar-refractivity contribution is -0.138. The molecule has 2 heterocycles. The van der Waals surface area contributed by atoms with Crippen LogP contribution in [0.3, 0.4) is 0 Å². The van der Waals surface area contributed by atoms with E-state index in [1.54, 1.807) is 31.2 Å². The summed E-state index contributed by atoms with van der Waals surface area (Å²) in [4.78, 5) is 16.3. The highest BCUT2D eigenvalue weighted by Crippen LogP contribution is 2.39. The van der Waals surface area contributed by atoms with Gasteiger partial charge in [0.15, 0.2) is 11.5 Å². The highest BCUT2D eigenvalue weighted by molar-refractivity contribution is 6.12. The molecule has 2 aromatic carbocycles. The smallest absolute Gasteiger partial charge is 0.416 e. The quantitative estimate of drug-likeness (QED) is 0.758. The van der Waals surface area contributed by atoms with Crippen molar-refractivity contribution < 1.29 is 27.4 Å². The van der Waals surface area contributed by atoms with Gasteiger partial charge in [0.2, 0.25) is 5.91 Å². The van der Waals surface area contributed by atoms with Crippen LogP contribution in [-0.4, -0.2) is 25.4 Å². The molecule has 0 bridgehead atoms. The molecule has 0 aliphatic carbocycles. The SMILES string of the molecule is COc1cc([C@@H]2CC(=O)NC3=NCC=C32)ccc1OCc1ccc(C)cc1C(F)(F)F. The number of hydrogen-bond donors (Lipinski definition) is 1. The largest absolute Gasteiger partial charge is 0.493 e. The lowest BCUT2D eigenvalue weighted by Gasteiger charge is -2.26. The molecule has 2 aromatic rings. The Morgan fingerprint density at radius 1 is 1.16 bits per heavy atom. The number of carbonyl (C=O) groups excluding carboxylic acids is 1. The third-order valence-corrected chi connectivity index (χ3v) is 5.40. The van der Waals surface area contributed by atoms with Crippen LogP contribution < -0.4 is 14.8 Å². The Morgan fingerprint density at radius 3 is 2.71 bits per heavy atom. The number of aliphatic imine (C=N–C) groups is 1. The zero-order valence-corrected chi connectivity index (χ0v) is 17.0. The number of amides is 1. The highest BCUT2D eigenvalue weighted by atomic mass is 19.4. The molecular weight excluding hydrogens is 409 g/mol. The van der Waals surface area contributed by atoms with Crippen LogP contribution in [0.4, 0.5) is 13.2 Å². The van der Waals surface area contributed by atoms with Crippen LogP contribution in [0.1, 0.15) is 34.6 Å². The summed E-state index contributed by atoms with van der Waals surface area (Å²) in [5.74, 6) is 1.04. The fourth-order valence-electron chi connectivity index (χ4n) is 3.87. The van der Waals surface area contributed by atoms with Crippen LogP contribution in [-0.2, 0) is 17.6 Å². The summed E-state index contributed by atoms with van der Waals surface area (Å²) in [6.45, 7) is 1.89. The maximum atomic E-state index is 13.4. The predicted octanol–water partition coefficient (Wildman–Crippen LogP) is 4.54. The average Bonchev–Trinajstić information content (AvgIpc) is 3.19. The summed E-state index contributed by atoms with van der Waals surface area (Å²) in [6.07, 6.45) is -2.20. The van der Waals surface area contributed by atoms with E-state index in [2.05, 4.69) is 10.3 Å². The predicted molar refractivity (Wildman–Crippen MR) is 109 cm³/mol. The number of methoxy groups -OCH3 is 1. The minimum atomic E-state index is -4.46. The van der Waals surface area contributed by atoms with Gasteiger partial charge in [0.05, 0.1) is 19.2 Å². The lowest BCUT2D eigenvalue weighted by Crippen LogP contribution is -2.38. The monoisotopic (exact) mass is 430 g/mol. The number of carbonyl (C=O) groups is 1. The number of amidine groups is 1. The Bertz CT molecular complexity index is 1090. The number of piperidine rings is 1. The number of rotatable bonds is 5. The maximum Gasteiger partial charge on any atom is 0.416 e. The normalized spacial score (nSPS) is 18.1. The molecule has 1 N–H and O–H groups in total. The van der Waals surface area contributed by atoms with Gasteiger partial charge in [0.1, 0.15) is 12.4 Å². The summed E-state index contributed by atoms with van der Waals surface area (Å²) in [5.41, 5.74) is 1.68. The van der Waals surface area contributed by atoms with Crippen molar-refractivity contribution in [1.29, 1.82) is 0 Å². The van der Waals surface area contributed by atoms with Crippen LogP contribution in [0, 0.1) is 6.92 Å². The second-order valence-electron chi connectivity index (χ2n) is 7.51. The minimum Gasteiger partial charge on any atom is -0.493 e. The second-order valence-corrected chi connectivity index (χ2v) is 7.51. The molecule has 5 nitrogen and oxygen atoms in total. The summed E-state index contributed by atoms with van der Waals surface area (Å²) < 4.78 is 51.2. The molecule has 0 radical (unpaired) electrons. The molecule has 2 aliphatic heterocycles. The van der Waals surface area contributed by atoms with E-state index in [0.717, 1.165) is 17.2 Å². The van der Waals surface area contributed by atoms with Crippen LogP contribution in [0.15, 0.2) is 53.0 Å². The number of ether oxygens (including phenoxy) is 2. The van der Waals surface area contributed by atoms with Crippen molar-refractivity contribution in [3.05, 3.63) is 70.3 Å². The van der Waals surface area contributed by atoms with Crippen molar-refractivity contribution in [3.63, 3.8) is 0 Å². The Hall–Kier alpha value is -3.29. The van der Waals surface area contributed by atoms with E-state index in [-0.39, 0.29) is 30.4 Å². The van der Waals surface area contributed by atoms with Crippen LogP contribution in [0.5, 0.6) is 11.5 Å². The summed E-state index contributed by atoms with van der Waals surface area (Å²) in [6, 6.07) is 9.38. The Kier molecular flexibility index (Phi) is 5.47. The number of hydrogen-bond acceptors (Lipinski definition) is 4. The lowest BCUT2D eigenvalue weighted by atomic mass is 9.85. The molecule has 0 saturated carbocycles. The van der Waals surface area contributed by atoms with Gasteiger partial charge in [0.25, 0.3) is 0 Å². The van der Waals surface area contributed by atoms with Gasteiger partial charge in [-0.1, -0.05) is 29.8 Å². The van der Waals surface area contributed by atoms with E-state index in [1.165, 1.54) is 13.2 Å². The molecule has 8 heteroatoms. The molecule has 0 spiro atoms. The van der Waals surface area contributed by atoms with E-state index in [4.69, 9.17) is 9.47 Å². The van der Waals surface area contributed by atoms with Crippen molar-refractivity contribution in [1.82, 2.24) is 5.32 Å². The second kappa shape index (κ2) is 8.09. The number of halogens is 3. The van der Waals surface area contributed by atoms with Crippen molar-refractivity contribution in [2.45, 2.75) is 32.0 Å². The van der Waals surface area contributed by atoms with E-state index >= 15 is 0 Å². The first kappa shape index (κ1) is 21.0. The van der Waals surface area contributed by atoms with E-state index < -0.39 is 11.7 Å². The van der Waals surface area contributed by atoms with Crippen molar-refractivity contribution >= 4 is 11.7 Å². The van der Waals surface area contributed by atoms with Crippen LogP contribution >= 0.6 is 0 Å². The van der Waals surface area contributed by atoms with Gasteiger partial charge in [-0.15, -0.1) is 0 Å². The number of benzene rings is 2. The molecule has 1 amide bonds. The Labute approximate surface area is 177 Å². The Balaban J connectivity index is 1.58.